The Balaban J connectivity index is 1.31. The molecule has 144 valence electrons. The Kier molecular flexibility index (Phi) is 5.31. The van der Waals surface area contributed by atoms with Gasteiger partial charge in [0.15, 0.2) is 12.3 Å². The highest BCUT2D eigenvalue weighted by Crippen LogP contribution is 2.20. The lowest BCUT2D eigenvalue weighted by atomic mass is 10.1. The van der Waals surface area contributed by atoms with Crippen molar-refractivity contribution in [2.24, 2.45) is 0 Å². The van der Waals surface area contributed by atoms with Gasteiger partial charge in [-0.3, -0.25) is 9.59 Å². The number of amides is 1. The number of ketones is 1. The molecule has 2 aromatic carbocycles. The van der Waals surface area contributed by atoms with Gasteiger partial charge in [-0.05, 0) is 43.3 Å². The molecule has 1 aliphatic rings. The fraction of sp³-hybridized carbons (Fsp3) is 0.300. The number of piperazine rings is 1. The highest BCUT2D eigenvalue weighted by molar-refractivity contribution is 7.00. The predicted octanol–water partition coefficient (Wildman–Crippen LogP) is 1.24. The van der Waals surface area contributed by atoms with Crippen LogP contribution in [0.3, 0.4) is 0 Å². The summed E-state index contributed by atoms with van der Waals surface area (Å²) in [6.07, 6.45) is 0. The van der Waals surface area contributed by atoms with Crippen LogP contribution in [0, 0.1) is 0 Å². The molecule has 1 amide bonds. The molecule has 1 aliphatic heterocycles. The fourth-order valence-electron chi connectivity index (χ4n) is 3.49. The summed E-state index contributed by atoms with van der Waals surface area (Å²) in [7, 11) is 0. The van der Waals surface area contributed by atoms with Crippen molar-refractivity contribution in [2.45, 2.75) is 6.92 Å². The van der Waals surface area contributed by atoms with E-state index in [0.29, 0.717) is 6.54 Å². The number of carbonyl (C=O) groups is 2. The molecular weight excluding hydrogens is 374 g/mol. The van der Waals surface area contributed by atoms with E-state index in [1.54, 1.807) is 6.92 Å². The lowest BCUT2D eigenvalue weighted by molar-refractivity contribution is -0.892. The number of carbonyl (C=O) groups excluding carboxylic acids is 2. The summed E-state index contributed by atoms with van der Waals surface area (Å²) in [5.74, 6) is 0.0747. The van der Waals surface area contributed by atoms with Crippen LogP contribution in [0.1, 0.15) is 17.3 Å². The van der Waals surface area contributed by atoms with Gasteiger partial charge in [-0.15, -0.1) is 0 Å². The molecule has 0 bridgehead atoms. The molecule has 1 aromatic heterocycles. The van der Waals surface area contributed by atoms with E-state index in [2.05, 4.69) is 19.0 Å². The van der Waals surface area contributed by atoms with Gasteiger partial charge in [-0.25, -0.2) is 0 Å². The molecule has 8 heteroatoms. The molecule has 3 aromatic rings. The number of aromatic nitrogens is 2. The van der Waals surface area contributed by atoms with E-state index < -0.39 is 0 Å². The molecular formula is C20H22N5O2S+. The summed E-state index contributed by atoms with van der Waals surface area (Å²) in [6, 6.07) is 13.4. The van der Waals surface area contributed by atoms with Crippen molar-refractivity contribution >= 4 is 45.8 Å². The minimum absolute atomic E-state index is 0.00485. The van der Waals surface area contributed by atoms with Gasteiger partial charge in [0.05, 0.1) is 43.6 Å². The second-order valence-corrected chi connectivity index (χ2v) is 7.53. The first-order valence-corrected chi connectivity index (χ1v) is 10.0. The van der Waals surface area contributed by atoms with Crippen molar-refractivity contribution in [2.75, 3.05) is 42.9 Å². The van der Waals surface area contributed by atoms with Crippen LogP contribution >= 0.6 is 11.7 Å². The molecule has 2 heterocycles. The lowest BCUT2D eigenvalue weighted by Crippen LogP contribution is -3.15. The zero-order valence-electron chi connectivity index (χ0n) is 15.6. The van der Waals surface area contributed by atoms with Crippen molar-refractivity contribution in [3.05, 3.63) is 48.0 Å². The van der Waals surface area contributed by atoms with E-state index in [-0.39, 0.29) is 11.7 Å². The third kappa shape index (κ3) is 4.02. The number of nitrogens with one attached hydrogen (secondary N) is 2. The second-order valence-electron chi connectivity index (χ2n) is 7.00. The monoisotopic (exact) mass is 396 g/mol. The van der Waals surface area contributed by atoms with Gasteiger partial charge in [0.25, 0.3) is 5.91 Å². The predicted molar refractivity (Wildman–Crippen MR) is 110 cm³/mol. The number of hydrogen-bond donors (Lipinski definition) is 2. The SMILES string of the molecule is CC(=O)c1ccc(N2CC[NH+](CC(=O)Nc3cccc4nsnc34)CC2)cc1. The van der Waals surface area contributed by atoms with Gasteiger partial charge >= 0.3 is 0 Å². The number of nitrogens with zero attached hydrogens (tertiary/aromatic N) is 3. The van der Waals surface area contributed by atoms with Crippen LogP contribution in [0.25, 0.3) is 11.0 Å². The van der Waals surface area contributed by atoms with Crippen LogP contribution in [0.15, 0.2) is 42.5 Å². The van der Waals surface area contributed by atoms with Crippen LogP contribution in [-0.2, 0) is 4.79 Å². The standard InChI is InChI=1S/C20H21N5O2S/c1-14(26)15-5-7-16(8-6-15)25-11-9-24(10-12-25)13-19(27)21-17-3-2-4-18-20(17)23-28-22-18/h2-8H,9-13H2,1H3,(H,21,27)/p+1. The van der Waals surface area contributed by atoms with Crippen molar-refractivity contribution < 1.29 is 14.5 Å². The van der Waals surface area contributed by atoms with Crippen molar-refractivity contribution in [1.29, 1.82) is 0 Å². The van der Waals surface area contributed by atoms with Crippen molar-refractivity contribution in [3.63, 3.8) is 0 Å². The number of Topliss-reactive ketones (excluding diaryl/α,β-unsaturated/α-hetero) is 1. The Labute approximate surface area is 167 Å². The molecule has 2 N–H and O–H groups in total. The van der Waals surface area contributed by atoms with Gasteiger partial charge < -0.3 is 15.1 Å². The maximum atomic E-state index is 12.5. The Morgan fingerprint density at radius 3 is 2.57 bits per heavy atom. The highest BCUT2D eigenvalue weighted by atomic mass is 32.1. The summed E-state index contributed by atoms with van der Waals surface area (Å²) >= 11 is 1.15. The number of rotatable bonds is 5. The van der Waals surface area contributed by atoms with Crippen molar-refractivity contribution in [1.82, 2.24) is 8.75 Å². The van der Waals surface area contributed by atoms with Crippen molar-refractivity contribution in [3.8, 4) is 0 Å². The molecule has 4 rings (SSSR count). The van der Waals surface area contributed by atoms with Gasteiger partial charge in [0.1, 0.15) is 11.0 Å². The van der Waals surface area contributed by atoms with Crippen LogP contribution in [-0.4, -0.2) is 53.2 Å². The molecule has 0 unspecified atom stereocenters. The summed E-state index contributed by atoms with van der Waals surface area (Å²) in [6.45, 7) is 5.56. The Bertz CT molecular complexity index is 993. The number of benzene rings is 2. The normalized spacial score (nSPS) is 15.0. The molecule has 28 heavy (non-hydrogen) atoms. The Hall–Kier alpha value is -2.84. The molecule has 0 spiro atoms. The minimum atomic E-state index is -0.00485. The van der Waals surface area contributed by atoms with Crippen LogP contribution < -0.4 is 15.1 Å². The minimum Gasteiger partial charge on any atom is -0.360 e. The first-order chi connectivity index (χ1) is 13.6. The first-order valence-electron chi connectivity index (χ1n) is 9.31. The zero-order valence-corrected chi connectivity index (χ0v) is 16.5. The van der Waals surface area contributed by atoms with Crippen LogP contribution in [0.5, 0.6) is 0 Å². The Morgan fingerprint density at radius 2 is 1.86 bits per heavy atom. The smallest absolute Gasteiger partial charge is 0.279 e. The van der Waals surface area contributed by atoms with Gasteiger partial charge in [0.2, 0.25) is 0 Å². The molecule has 0 atom stereocenters. The average molecular weight is 396 g/mol. The first kappa shape index (κ1) is 18.5. The van der Waals surface area contributed by atoms with E-state index in [0.717, 1.165) is 65.9 Å². The topological polar surface area (TPSA) is 79.6 Å². The lowest BCUT2D eigenvalue weighted by Gasteiger charge is -2.33. The molecule has 0 aliphatic carbocycles. The number of hydrogen-bond acceptors (Lipinski definition) is 6. The summed E-state index contributed by atoms with van der Waals surface area (Å²) in [4.78, 5) is 27.4. The summed E-state index contributed by atoms with van der Waals surface area (Å²) in [5, 5.41) is 2.98. The van der Waals surface area contributed by atoms with E-state index in [4.69, 9.17) is 0 Å². The molecule has 1 fully saturated rings. The van der Waals surface area contributed by atoms with E-state index >= 15 is 0 Å². The highest BCUT2D eigenvalue weighted by Gasteiger charge is 2.23. The molecule has 7 nitrogen and oxygen atoms in total. The summed E-state index contributed by atoms with van der Waals surface area (Å²) in [5.41, 5.74) is 4.13. The zero-order chi connectivity index (χ0) is 19.5. The van der Waals surface area contributed by atoms with E-state index in [9.17, 15) is 9.59 Å². The second kappa shape index (κ2) is 8.04. The molecule has 1 saturated heterocycles. The third-order valence-electron chi connectivity index (χ3n) is 5.08. The van der Waals surface area contributed by atoms with Gasteiger partial charge in [-0.1, -0.05) is 6.07 Å². The number of anilines is 2. The number of quaternary nitrogens is 1. The number of fused-ring (bicyclic) bond motifs is 1. The van der Waals surface area contributed by atoms with Gasteiger partial charge in [0, 0.05) is 11.3 Å². The Morgan fingerprint density at radius 1 is 1.11 bits per heavy atom. The average Bonchev–Trinajstić information content (AvgIpc) is 3.18. The fourth-order valence-corrected chi connectivity index (χ4v) is 4.04. The van der Waals surface area contributed by atoms with Crippen LogP contribution in [0.4, 0.5) is 11.4 Å². The van der Waals surface area contributed by atoms with Gasteiger partial charge in [-0.2, -0.15) is 8.75 Å². The third-order valence-corrected chi connectivity index (χ3v) is 5.62. The molecule has 0 radical (unpaired) electrons. The summed E-state index contributed by atoms with van der Waals surface area (Å²) < 4.78 is 8.46. The maximum absolute atomic E-state index is 12.5. The maximum Gasteiger partial charge on any atom is 0.279 e. The van der Waals surface area contributed by atoms with E-state index in [1.165, 1.54) is 4.90 Å². The quantitative estimate of drug-likeness (QED) is 0.635. The largest absolute Gasteiger partial charge is 0.360 e. The molecule has 0 saturated carbocycles. The van der Waals surface area contributed by atoms with E-state index in [1.807, 2.05) is 42.5 Å². The van der Waals surface area contributed by atoms with Crippen LogP contribution in [0.2, 0.25) is 0 Å².